The fourth-order valence-electron chi connectivity index (χ4n) is 2.98. The van der Waals surface area contributed by atoms with Crippen LogP contribution in [0, 0.1) is 0 Å². The Bertz CT molecular complexity index is 1250. The van der Waals surface area contributed by atoms with Crippen molar-refractivity contribution in [2.24, 2.45) is 7.05 Å². The Morgan fingerprint density at radius 1 is 1.00 bits per heavy atom. The monoisotopic (exact) mass is 408 g/mol. The van der Waals surface area contributed by atoms with E-state index in [-0.39, 0.29) is 10.7 Å². The zero-order valence-corrected chi connectivity index (χ0v) is 16.8. The molecule has 8 nitrogen and oxygen atoms in total. The van der Waals surface area contributed by atoms with E-state index in [0.717, 1.165) is 5.56 Å². The van der Waals surface area contributed by atoms with Gasteiger partial charge in [-0.2, -0.15) is 5.10 Å². The Labute approximate surface area is 168 Å². The average molecular weight is 408 g/mol. The molecular weight excluding hydrogens is 388 g/mol. The zero-order chi connectivity index (χ0) is 20.4. The van der Waals surface area contributed by atoms with Crippen LogP contribution in [-0.4, -0.2) is 35.2 Å². The predicted molar refractivity (Wildman–Crippen MR) is 112 cm³/mol. The van der Waals surface area contributed by atoms with Crippen LogP contribution in [-0.2, 0) is 23.6 Å². The number of fused-ring (bicyclic) bond motifs is 1. The van der Waals surface area contributed by atoms with Crippen LogP contribution in [0.4, 0.5) is 11.6 Å². The summed E-state index contributed by atoms with van der Waals surface area (Å²) in [5.74, 6) is 0.617. The maximum atomic E-state index is 12.8. The molecule has 0 aliphatic rings. The first kappa shape index (κ1) is 18.9. The Balaban J connectivity index is 1.76. The summed E-state index contributed by atoms with van der Waals surface area (Å²) in [6, 6.07) is 17.2. The van der Waals surface area contributed by atoms with E-state index in [9.17, 15) is 8.42 Å². The van der Waals surface area contributed by atoms with Crippen molar-refractivity contribution in [3.63, 3.8) is 0 Å². The minimum absolute atomic E-state index is 0.0617. The lowest BCUT2D eigenvalue weighted by atomic mass is 10.2. The molecule has 0 unspecified atom stereocenters. The van der Waals surface area contributed by atoms with Crippen molar-refractivity contribution in [2.75, 3.05) is 16.7 Å². The maximum Gasteiger partial charge on any atom is 0.266 e. The summed E-state index contributed by atoms with van der Waals surface area (Å²) in [7, 11) is -0.337. The van der Waals surface area contributed by atoms with Gasteiger partial charge >= 0.3 is 0 Å². The van der Waals surface area contributed by atoms with Crippen molar-refractivity contribution in [3.05, 3.63) is 72.6 Å². The molecule has 0 aliphatic heterocycles. The first-order valence-corrected chi connectivity index (χ1v) is 10.4. The number of sulfonamides is 1. The fourth-order valence-corrected chi connectivity index (χ4v) is 3.97. The minimum atomic E-state index is -3.85. The molecule has 2 aromatic carbocycles. The van der Waals surface area contributed by atoms with Gasteiger partial charge < -0.3 is 4.90 Å². The first-order chi connectivity index (χ1) is 13.9. The number of rotatable bonds is 6. The van der Waals surface area contributed by atoms with Crippen molar-refractivity contribution in [1.82, 2.24) is 19.7 Å². The lowest BCUT2D eigenvalue weighted by molar-refractivity contribution is 0.601. The normalized spacial score (nSPS) is 11.5. The van der Waals surface area contributed by atoms with Crippen LogP contribution in [0.2, 0.25) is 0 Å². The second-order valence-electron chi connectivity index (χ2n) is 6.68. The predicted octanol–water partition coefficient (Wildman–Crippen LogP) is 2.80. The molecular formula is C20H20N6O2S. The number of hydrogen-bond donors (Lipinski definition) is 1. The van der Waals surface area contributed by atoms with Gasteiger partial charge in [-0.15, -0.1) is 0 Å². The first-order valence-electron chi connectivity index (χ1n) is 8.96. The standard InChI is InChI=1S/C20H20N6O2S/c1-25(13-15-8-4-3-5-9-15)20-19(22-17-10-6-7-11-18(17)23-20)24-29(27,28)16-12-21-26(2)14-16/h3-12,14H,13H2,1-2H3,(H,22,24). The Kier molecular flexibility index (Phi) is 4.89. The molecule has 0 spiro atoms. The number of para-hydroxylation sites is 2. The van der Waals surface area contributed by atoms with Crippen LogP contribution < -0.4 is 9.62 Å². The summed E-state index contributed by atoms with van der Waals surface area (Å²) in [5, 5.41) is 3.94. The molecule has 0 saturated carbocycles. The molecule has 0 aliphatic carbocycles. The quantitative estimate of drug-likeness (QED) is 0.527. The molecule has 0 atom stereocenters. The number of aromatic nitrogens is 4. The SMILES string of the molecule is CN(Cc1ccccc1)c1nc2ccccc2nc1NS(=O)(=O)c1cnn(C)c1. The van der Waals surface area contributed by atoms with E-state index in [4.69, 9.17) is 0 Å². The number of nitrogens with one attached hydrogen (secondary N) is 1. The molecule has 0 amide bonds. The molecule has 29 heavy (non-hydrogen) atoms. The van der Waals surface area contributed by atoms with Crippen molar-refractivity contribution in [1.29, 1.82) is 0 Å². The lowest BCUT2D eigenvalue weighted by Crippen LogP contribution is -2.22. The molecule has 9 heteroatoms. The molecule has 0 bridgehead atoms. The van der Waals surface area contributed by atoms with Gasteiger partial charge in [-0.1, -0.05) is 42.5 Å². The zero-order valence-electron chi connectivity index (χ0n) is 16.0. The number of benzene rings is 2. The van der Waals surface area contributed by atoms with E-state index in [0.29, 0.717) is 23.4 Å². The van der Waals surface area contributed by atoms with Crippen LogP contribution in [0.1, 0.15) is 5.56 Å². The fraction of sp³-hybridized carbons (Fsp3) is 0.150. The van der Waals surface area contributed by atoms with E-state index in [1.807, 2.05) is 60.5 Å². The highest BCUT2D eigenvalue weighted by atomic mass is 32.2. The van der Waals surface area contributed by atoms with E-state index in [2.05, 4.69) is 19.8 Å². The van der Waals surface area contributed by atoms with Gasteiger partial charge in [-0.05, 0) is 17.7 Å². The highest BCUT2D eigenvalue weighted by Gasteiger charge is 2.22. The van der Waals surface area contributed by atoms with E-state index >= 15 is 0 Å². The Hall–Kier alpha value is -3.46. The summed E-state index contributed by atoms with van der Waals surface area (Å²) >= 11 is 0. The third-order valence-electron chi connectivity index (χ3n) is 4.40. The summed E-state index contributed by atoms with van der Waals surface area (Å²) in [4.78, 5) is 11.1. The molecule has 148 valence electrons. The maximum absolute atomic E-state index is 12.8. The van der Waals surface area contributed by atoms with Crippen molar-refractivity contribution in [2.45, 2.75) is 11.4 Å². The number of nitrogens with zero attached hydrogens (tertiary/aromatic N) is 5. The number of anilines is 2. The largest absolute Gasteiger partial charge is 0.352 e. The van der Waals surface area contributed by atoms with Crippen molar-refractivity contribution in [3.8, 4) is 0 Å². The molecule has 4 aromatic rings. The second kappa shape index (κ2) is 7.51. The van der Waals surface area contributed by atoms with Gasteiger partial charge in [0.15, 0.2) is 11.6 Å². The van der Waals surface area contributed by atoms with Gasteiger partial charge in [-0.3, -0.25) is 9.40 Å². The molecule has 2 heterocycles. The second-order valence-corrected chi connectivity index (χ2v) is 8.36. The van der Waals surface area contributed by atoms with E-state index in [1.165, 1.54) is 17.1 Å². The van der Waals surface area contributed by atoms with Gasteiger partial charge in [0.05, 0.1) is 17.2 Å². The summed E-state index contributed by atoms with van der Waals surface area (Å²) < 4.78 is 29.7. The third kappa shape index (κ3) is 4.04. The molecule has 0 radical (unpaired) electrons. The lowest BCUT2D eigenvalue weighted by Gasteiger charge is -2.21. The van der Waals surface area contributed by atoms with Gasteiger partial charge in [0, 0.05) is 26.8 Å². The van der Waals surface area contributed by atoms with Crippen LogP contribution in [0.5, 0.6) is 0 Å². The highest BCUT2D eigenvalue weighted by molar-refractivity contribution is 7.92. The molecule has 2 aromatic heterocycles. The molecule has 4 rings (SSSR count). The van der Waals surface area contributed by atoms with Crippen LogP contribution >= 0.6 is 0 Å². The Morgan fingerprint density at radius 2 is 1.66 bits per heavy atom. The minimum Gasteiger partial charge on any atom is -0.352 e. The number of hydrogen-bond acceptors (Lipinski definition) is 6. The topological polar surface area (TPSA) is 93.0 Å². The van der Waals surface area contributed by atoms with E-state index < -0.39 is 10.0 Å². The highest BCUT2D eigenvalue weighted by Crippen LogP contribution is 2.27. The summed E-state index contributed by atoms with van der Waals surface area (Å²) in [6.07, 6.45) is 2.73. The van der Waals surface area contributed by atoms with Crippen molar-refractivity contribution < 1.29 is 8.42 Å². The number of aryl methyl sites for hydroxylation is 1. The molecule has 1 N–H and O–H groups in total. The van der Waals surface area contributed by atoms with Gasteiger partial charge in [-0.25, -0.2) is 18.4 Å². The van der Waals surface area contributed by atoms with E-state index in [1.54, 1.807) is 13.1 Å². The smallest absolute Gasteiger partial charge is 0.266 e. The van der Waals surface area contributed by atoms with Gasteiger partial charge in [0.2, 0.25) is 0 Å². The average Bonchev–Trinajstić information content (AvgIpc) is 3.15. The van der Waals surface area contributed by atoms with Crippen molar-refractivity contribution >= 4 is 32.7 Å². The van der Waals surface area contributed by atoms with Crippen LogP contribution in [0.3, 0.4) is 0 Å². The Morgan fingerprint density at radius 3 is 2.31 bits per heavy atom. The van der Waals surface area contributed by atoms with Gasteiger partial charge in [0.1, 0.15) is 4.90 Å². The summed E-state index contributed by atoms with van der Waals surface area (Å²) in [5.41, 5.74) is 2.37. The summed E-state index contributed by atoms with van der Waals surface area (Å²) in [6.45, 7) is 0.551. The molecule has 0 saturated heterocycles. The van der Waals surface area contributed by atoms with Crippen LogP contribution in [0.15, 0.2) is 71.9 Å². The van der Waals surface area contributed by atoms with Crippen LogP contribution in [0.25, 0.3) is 11.0 Å². The molecule has 0 fully saturated rings. The van der Waals surface area contributed by atoms with Gasteiger partial charge in [0.25, 0.3) is 10.0 Å². The third-order valence-corrected chi connectivity index (χ3v) is 5.69.